The van der Waals surface area contributed by atoms with Gasteiger partial charge in [0.2, 0.25) is 0 Å². The first-order chi connectivity index (χ1) is 6.20. The molecular formula is C12H22O. The molecule has 2 rings (SSSR count). The largest absolute Gasteiger partial charge is 0.393 e. The Hall–Kier alpha value is -0.0400. The Morgan fingerprint density at radius 3 is 2.00 bits per heavy atom. The summed E-state index contributed by atoms with van der Waals surface area (Å²) < 4.78 is 0. The molecule has 0 aromatic rings. The van der Waals surface area contributed by atoms with E-state index in [4.69, 9.17) is 0 Å². The predicted octanol–water partition coefficient (Wildman–Crippen LogP) is 2.83. The third-order valence-corrected chi connectivity index (χ3v) is 4.22. The van der Waals surface area contributed by atoms with Crippen LogP contribution in [0.25, 0.3) is 0 Å². The smallest absolute Gasteiger partial charge is 0.0596 e. The van der Waals surface area contributed by atoms with Gasteiger partial charge >= 0.3 is 0 Å². The molecule has 2 fully saturated rings. The number of rotatable bonds is 2. The van der Waals surface area contributed by atoms with Crippen LogP contribution in [0.5, 0.6) is 0 Å². The molecule has 0 aliphatic heterocycles. The molecule has 2 bridgehead atoms. The molecule has 0 radical (unpaired) electrons. The van der Waals surface area contributed by atoms with Crippen LogP contribution in [-0.4, -0.2) is 11.2 Å². The predicted molar refractivity (Wildman–Crippen MR) is 54.4 cm³/mol. The second-order valence-electron chi connectivity index (χ2n) is 5.34. The molecule has 2 saturated carbocycles. The van der Waals surface area contributed by atoms with Crippen LogP contribution in [0.2, 0.25) is 0 Å². The summed E-state index contributed by atoms with van der Waals surface area (Å²) in [5.41, 5.74) is 0. The van der Waals surface area contributed by atoms with E-state index in [2.05, 4.69) is 13.8 Å². The maximum absolute atomic E-state index is 10.1. The Bertz CT molecular complexity index is 160. The van der Waals surface area contributed by atoms with Crippen molar-refractivity contribution in [1.82, 2.24) is 0 Å². The van der Waals surface area contributed by atoms with Gasteiger partial charge in [0.1, 0.15) is 0 Å². The number of aliphatic hydroxyl groups is 1. The molecule has 13 heavy (non-hydrogen) atoms. The second kappa shape index (κ2) is 3.61. The highest BCUT2D eigenvalue weighted by Gasteiger charge is 2.43. The van der Waals surface area contributed by atoms with E-state index in [1.165, 1.54) is 32.1 Å². The molecule has 0 aromatic carbocycles. The first kappa shape index (κ1) is 9.51. The van der Waals surface area contributed by atoms with Gasteiger partial charge in [-0.3, -0.25) is 0 Å². The zero-order valence-electron chi connectivity index (χ0n) is 8.87. The lowest BCUT2D eigenvalue weighted by atomic mass is 9.73. The van der Waals surface area contributed by atoms with Gasteiger partial charge in [-0.25, -0.2) is 0 Å². The molecule has 0 spiro atoms. The number of hydrogen-bond donors (Lipinski definition) is 1. The van der Waals surface area contributed by atoms with Crippen LogP contribution in [0, 0.1) is 23.7 Å². The van der Waals surface area contributed by atoms with E-state index >= 15 is 0 Å². The molecule has 1 nitrogen and oxygen atoms in total. The third kappa shape index (κ3) is 1.63. The maximum Gasteiger partial charge on any atom is 0.0596 e. The summed E-state index contributed by atoms with van der Waals surface area (Å²) in [4.78, 5) is 0. The quantitative estimate of drug-likeness (QED) is 0.696. The Labute approximate surface area is 81.5 Å². The topological polar surface area (TPSA) is 20.2 Å². The third-order valence-electron chi connectivity index (χ3n) is 4.22. The van der Waals surface area contributed by atoms with Gasteiger partial charge in [-0.1, -0.05) is 33.1 Å². The van der Waals surface area contributed by atoms with E-state index in [-0.39, 0.29) is 6.10 Å². The van der Waals surface area contributed by atoms with Crippen molar-refractivity contribution in [3.63, 3.8) is 0 Å². The zero-order valence-corrected chi connectivity index (χ0v) is 8.87. The van der Waals surface area contributed by atoms with Crippen molar-refractivity contribution < 1.29 is 5.11 Å². The molecule has 2 unspecified atom stereocenters. The van der Waals surface area contributed by atoms with Gasteiger partial charge in [-0.15, -0.1) is 0 Å². The first-order valence-corrected chi connectivity index (χ1v) is 5.88. The fourth-order valence-electron chi connectivity index (χ4n) is 3.52. The van der Waals surface area contributed by atoms with Gasteiger partial charge in [0, 0.05) is 0 Å². The number of hydrogen-bond acceptors (Lipinski definition) is 1. The Morgan fingerprint density at radius 1 is 1.00 bits per heavy atom. The summed E-state index contributed by atoms with van der Waals surface area (Å²) in [6, 6.07) is 0. The van der Waals surface area contributed by atoms with Gasteiger partial charge in [-0.05, 0) is 36.5 Å². The van der Waals surface area contributed by atoms with Gasteiger partial charge in [0.25, 0.3) is 0 Å². The van der Waals surface area contributed by atoms with Crippen LogP contribution >= 0.6 is 0 Å². The second-order valence-corrected chi connectivity index (χ2v) is 5.34. The van der Waals surface area contributed by atoms with Crippen molar-refractivity contribution in [2.45, 2.75) is 52.1 Å². The van der Waals surface area contributed by atoms with E-state index < -0.39 is 0 Å². The van der Waals surface area contributed by atoms with Crippen molar-refractivity contribution in [3.8, 4) is 0 Å². The van der Waals surface area contributed by atoms with E-state index in [0.29, 0.717) is 11.8 Å². The molecule has 76 valence electrons. The van der Waals surface area contributed by atoms with Crippen molar-refractivity contribution in [2.75, 3.05) is 0 Å². The van der Waals surface area contributed by atoms with E-state index in [0.717, 1.165) is 11.8 Å². The summed E-state index contributed by atoms with van der Waals surface area (Å²) in [5.74, 6) is 2.81. The summed E-state index contributed by atoms with van der Waals surface area (Å²) in [5, 5.41) is 10.1. The number of fused-ring (bicyclic) bond motifs is 2. The highest BCUT2D eigenvalue weighted by Crippen LogP contribution is 2.49. The molecule has 0 aromatic heterocycles. The van der Waals surface area contributed by atoms with E-state index in [1.807, 2.05) is 0 Å². The Kier molecular flexibility index (Phi) is 2.64. The summed E-state index contributed by atoms with van der Waals surface area (Å²) in [6.07, 6.45) is 6.92. The molecular weight excluding hydrogens is 160 g/mol. The van der Waals surface area contributed by atoms with Gasteiger partial charge in [0.05, 0.1) is 6.10 Å². The lowest BCUT2D eigenvalue weighted by molar-refractivity contribution is 0.00889. The standard InChI is InChI=1S/C12H22O/c1-8(2)12(13)11-9-4-3-5-10(11)7-6-9/h8-13H,3-7H2,1-2H3/t9?,10?,11?,12-/m0/s1. The minimum Gasteiger partial charge on any atom is -0.393 e. The molecule has 0 saturated heterocycles. The molecule has 0 heterocycles. The van der Waals surface area contributed by atoms with Gasteiger partial charge in [-0.2, -0.15) is 0 Å². The first-order valence-electron chi connectivity index (χ1n) is 5.88. The van der Waals surface area contributed by atoms with Crippen molar-refractivity contribution in [3.05, 3.63) is 0 Å². The monoisotopic (exact) mass is 182 g/mol. The molecule has 1 N–H and O–H groups in total. The average Bonchev–Trinajstić information content (AvgIpc) is 2.34. The van der Waals surface area contributed by atoms with E-state index in [1.54, 1.807) is 0 Å². The van der Waals surface area contributed by atoms with Crippen molar-refractivity contribution in [2.24, 2.45) is 23.7 Å². The van der Waals surface area contributed by atoms with Crippen LogP contribution in [0.3, 0.4) is 0 Å². The zero-order chi connectivity index (χ0) is 9.42. The Balaban J connectivity index is 2.06. The summed E-state index contributed by atoms with van der Waals surface area (Å²) in [7, 11) is 0. The van der Waals surface area contributed by atoms with Crippen molar-refractivity contribution in [1.29, 1.82) is 0 Å². The van der Waals surface area contributed by atoms with Gasteiger partial charge < -0.3 is 5.11 Å². The fraction of sp³-hybridized carbons (Fsp3) is 1.00. The molecule has 1 heteroatoms. The lowest BCUT2D eigenvalue weighted by Gasteiger charge is -2.35. The average molecular weight is 182 g/mol. The minimum absolute atomic E-state index is 0.0298. The van der Waals surface area contributed by atoms with E-state index in [9.17, 15) is 5.11 Å². The van der Waals surface area contributed by atoms with Crippen LogP contribution in [0.4, 0.5) is 0 Å². The highest BCUT2D eigenvalue weighted by molar-refractivity contribution is 4.93. The van der Waals surface area contributed by atoms with Crippen LogP contribution in [-0.2, 0) is 0 Å². The molecule has 2 aliphatic carbocycles. The molecule has 3 atom stereocenters. The Morgan fingerprint density at radius 2 is 1.54 bits per heavy atom. The van der Waals surface area contributed by atoms with Gasteiger partial charge in [0.15, 0.2) is 0 Å². The maximum atomic E-state index is 10.1. The molecule has 2 aliphatic rings. The summed E-state index contributed by atoms with van der Waals surface area (Å²) in [6.45, 7) is 4.30. The van der Waals surface area contributed by atoms with Crippen LogP contribution in [0.1, 0.15) is 46.0 Å². The normalized spacial score (nSPS) is 41.1. The lowest BCUT2D eigenvalue weighted by Crippen LogP contribution is -2.35. The van der Waals surface area contributed by atoms with Crippen molar-refractivity contribution >= 4 is 0 Å². The minimum atomic E-state index is -0.0298. The van der Waals surface area contributed by atoms with Crippen LogP contribution < -0.4 is 0 Å². The SMILES string of the molecule is CC(C)[C@H](O)C1C2CCCC1CC2. The summed E-state index contributed by atoms with van der Waals surface area (Å²) >= 11 is 0. The number of aliphatic hydroxyl groups excluding tert-OH is 1. The fourth-order valence-corrected chi connectivity index (χ4v) is 3.52. The van der Waals surface area contributed by atoms with Crippen LogP contribution in [0.15, 0.2) is 0 Å². The molecule has 0 amide bonds. The highest BCUT2D eigenvalue weighted by atomic mass is 16.3.